The van der Waals surface area contributed by atoms with Crippen LogP contribution in [-0.4, -0.2) is 21.9 Å². The zero-order valence-corrected chi connectivity index (χ0v) is 11.5. The lowest BCUT2D eigenvalue weighted by Gasteiger charge is -2.06. The molecule has 2 aromatic rings. The van der Waals surface area contributed by atoms with Crippen LogP contribution in [0.3, 0.4) is 0 Å². The van der Waals surface area contributed by atoms with Crippen LogP contribution in [0, 0.1) is 0 Å². The molecule has 0 spiro atoms. The van der Waals surface area contributed by atoms with E-state index in [0.717, 1.165) is 21.8 Å². The molecule has 0 aliphatic carbocycles. The number of hydrogen-bond acceptors (Lipinski definition) is 2. The molecule has 88 valence electrons. The summed E-state index contributed by atoms with van der Waals surface area (Å²) in [6.45, 7) is 0.713. The first kappa shape index (κ1) is 12.3. The maximum atomic E-state index is 12.0. The van der Waals surface area contributed by atoms with Crippen molar-refractivity contribution >= 4 is 39.4 Å². The van der Waals surface area contributed by atoms with E-state index < -0.39 is 0 Å². The van der Waals surface area contributed by atoms with E-state index in [0.29, 0.717) is 12.1 Å². The van der Waals surface area contributed by atoms with Gasteiger partial charge >= 0.3 is 0 Å². The van der Waals surface area contributed by atoms with Gasteiger partial charge in [-0.15, -0.1) is 0 Å². The SMILES string of the molecule is O=C(NCCCI)c1cccc2cccnc12. The fourth-order valence-electron chi connectivity index (χ4n) is 1.65. The van der Waals surface area contributed by atoms with Crippen molar-refractivity contribution in [1.29, 1.82) is 0 Å². The van der Waals surface area contributed by atoms with Gasteiger partial charge in [-0.1, -0.05) is 40.8 Å². The van der Waals surface area contributed by atoms with Gasteiger partial charge in [0.05, 0.1) is 11.1 Å². The Morgan fingerprint density at radius 2 is 2.12 bits per heavy atom. The molecule has 2 rings (SSSR count). The average Bonchev–Trinajstić information content (AvgIpc) is 2.38. The molecular formula is C13H13IN2O. The van der Waals surface area contributed by atoms with Crippen LogP contribution < -0.4 is 5.32 Å². The van der Waals surface area contributed by atoms with Crippen LogP contribution in [0.15, 0.2) is 36.5 Å². The number of rotatable bonds is 4. The number of pyridine rings is 1. The van der Waals surface area contributed by atoms with Crippen LogP contribution in [0.25, 0.3) is 10.9 Å². The summed E-state index contributed by atoms with van der Waals surface area (Å²) < 4.78 is 1.05. The number of fused-ring (bicyclic) bond motifs is 1. The summed E-state index contributed by atoms with van der Waals surface area (Å²) in [6, 6.07) is 9.50. The van der Waals surface area contributed by atoms with E-state index in [9.17, 15) is 4.79 Å². The third-order valence-corrected chi connectivity index (χ3v) is 3.24. The molecule has 0 saturated heterocycles. The molecule has 0 aliphatic heterocycles. The highest BCUT2D eigenvalue weighted by Gasteiger charge is 2.09. The lowest BCUT2D eigenvalue weighted by molar-refractivity contribution is 0.0955. The van der Waals surface area contributed by atoms with Gasteiger partial charge in [0.2, 0.25) is 0 Å². The smallest absolute Gasteiger partial charge is 0.253 e. The van der Waals surface area contributed by atoms with Gasteiger partial charge in [0.1, 0.15) is 0 Å². The number of benzene rings is 1. The second-order valence-electron chi connectivity index (χ2n) is 3.68. The summed E-state index contributed by atoms with van der Waals surface area (Å²) in [6.07, 6.45) is 2.70. The van der Waals surface area contributed by atoms with E-state index in [4.69, 9.17) is 0 Å². The summed E-state index contributed by atoms with van der Waals surface area (Å²) >= 11 is 2.30. The number of nitrogens with one attached hydrogen (secondary N) is 1. The van der Waals surface area contributed by atoms with E-state index in [1.807, 2.05) is 30.3 Å². The largest absolute Gasteiger partial charge is 0.352 e. The molecule has 0 radical (unpaired) electrons. The Morgan fingerprint density at radius 1 is 1.29 bits per heavy atom. The summed E-state index contributed by atoms with van der Waals surface area (Å²) in [5, 5.41) is 3.90. The lowest BCUT2D eigenvalue weighted by Crippen LogP contribution is -2.25. The number of hydrogen-bond donors (Lipinski definition) is 1. The second-order valence-corrected chi connectivity index (χ2v) is 4.76. The Balaban J connectivity index is 2.26. The minimum atomic E-state index is -0.0425. The minimum Gasteiger partial charge on any atom is -0.352 e. The van der Waals surface area contributed by atoms with Crippen molar-refractivity contribution in [3.63, 3.8) is 0 Å². The van der Waals surface area contributed by atoms with E-state index in [1.165, 1.54) is 0 Å². The number of para-hydroxylation sites is 1. The topological polar surface area (TPSA) is 42.0 Å². The van der Waals surface area contributed by atoms with Gasteiger partial charge in [-0.3, -0.25) is 9.78 Å². The number of carbonyl (C=O) groups is 1. The molecular weight excluding hydrogens is 327 g/mol. The maximum absolute atomic E-state index is 12.0. The van der Waals surface area contributed by atoms with Crippen LogP contribution in [0.4, 0.5) is 0 Å². The standard InChI is InChI=1S/C13H13IN2O/c14-7-3-9-16-13(17)11-6-1-4-10-5-2-8-15-12(10)11/h1-2,4-6,8H,3,7,9H2,(H,16,17). The fraction of sp³-hybridized carbons (Fsp3) is 0.231. The van der Waals surface area contributed by atoms with Crippen LogP contribution >= 0.6 is 22.6 Å². The van der Waals surface area contributed by atoms with Gasteiger partial charge < -0.3 is 5.32 Å². The zero-order valence-electron chi connectivity index (χ0n) is 9.32. The van der Waals surface area contributed by atoms with Gasteiger partial charge in [0, 0.05) is 22.6 Å². The van der Waals surface area contributed by atoms with Crippen molar-refractivity contribution < 1.29 is 4.79 Å². The van der Waals surface area contributed by atoms with E-state index >= 15 is 0 Å². The molecule has 0 unspecified atom stereocenters. The highest BCUT2D eigenvalue weighted by molar-refractivity contribution is 14.1. The molecule has 0 bridgehead atoms. The summed E-state index contributed by atoms with van der Waals surface area (Å²) in [5.41, 5.74) is 1.42. The van der Waals surface area contributed by atoms with Crippen molar-refractivity contribution in [2.75, 3.05) is 11.0 Å². The highest BCUT2D eigenvalue weighted by atomic mass is 127. The van der Waals surface area contributed by atoms with Crippen molar-refractivity contribution in [1.82, 2.24) is 10.3 Å². The first-order valence-corrected chi connectivity index (χ1v) is 7.03. The Morgan fingerprint density at radius 3 is 2.94 bits per heavy atom. The minimum absolute atomic E-state index is 0.0425. The predicted octanol–water partition coefficient (Wildman–Crippen LogP) is 2.79. The van der Waals surface area contributed by atoms with Gasteiger partial charge in [-0.2, -0.15) is 0 Å². The van der Waals surface area contributed by atoms with Crippen molar-refractivity contribution in [2.24, 2.45) is 0 Å². The zero-order chi connectivity index (χ0) is 12.1. The number of carbonyl (C=O) groups excluding carboxylic acids is 1. The Labute approximate surface area is 114 Å². The van der Waals surface area contributed by atoms with Gasteiger partial charge in [-0.05, 0) is 18.6 Å². The van der Waals surface area contributed by atoms with E-state index in [1.54, 1.807) is 6.20 Å². The summed E-state index contributed by atoms with van der Waals surface area (Å²) in [7, 11) is 0. The Bertz CT molecular complexity index is 522. The second kappa shape index (κ2) is 5.95. The predicted molar refractivity (Wildman–Crippen MR) is 77.6 cm³/mol. The molecule has 0 saturated carbocycles. The molecule has 1 N–H and O–H groups in total. The first-order valence-electron chi connectivity index (χ1n) is 5.51. The van der Waals surface area contributed by atoms with E-state index in [-0.39, 0.29) is 5.91 Å². The normalized spacial score (nSPS) is 10.4. The molecule has 1 aromatic carbocycles. The monoisotopic (exact) mass is 340 g/mol. The quantitative estimate of drug-likeness (QED) is 0.528. The fourth-order valence-corrected chi connectivity index (χ4v) is 2.03. The third-order valence-electron chi connectivity index (χ3n) is 2.47. The molecule has 1 heterocycles. The van der Waals surface area contributed by atoms with Crippen LogP contribution in [0.1, 0.15) is 16.8 Å². The number of nitrogens with zero attached hydrogens (tertiary/aromatic N) is 1. The van der Waals surface area contributed by atoms with Gasteiger partial charge in [-0.25, -0.2) is 0 Å². The molecule has 4 heteroatoms. The van der Waals surface area contributed by atoms with Crippen molar-refractivity contribution in [2.45, 2.75) is 6.42 Å². The highest BCUT2D eigenvalue weighted by Crippen LogP contribution is 2.15. The summed E-state index contributed by atoms with van der Waals surface area (Å²) in [4.78, 5) is 16.2. The molecule has 3 nitrogen and oxygen atoms in total. The molecule has 17 heavy (non-hydrogen) atoms. The lowest BCUT2D eigenvalue weighted by atomic mass is 10.1. The molecule has 0 aliphatic rings. The Hall–Kier alpha value is -1.17. The van der Waals surface area contributed by atoms with Crippen LogP contribution in [-0.2, 0) is 0 Å². The number of alkyl halides is 1. The van der Waals surface area contributed by atoms with Gasteiger partial charge in [0.15, 0.2) is 0 Å². The molecule has 0 fully saturated rings. The van der Waals surface area contributed by atoms with E-state index in [2.05, 4.69) is 32.9 Å². The number of amides is 1. The average molecular weight is 340 g/mol. The molecule has 0 atom stereocenters. The van der Waals surface area contributed by atoms with Crippen molar-refractivity contribution in [3.05, 3.63) is 42.1 Å². The van der Waals surface area contributed by atoms with Crippen LogP contribution in [0.5, 0.6) is 0 Å². The molecule has 1 aromatic heterocycles. The van der Waals surface area contributed by atoms with Crippen LogP contribution in [0.2, 0.25) is 0 Å². The number of halogens is 1. The summed E-state index contributed by atoms with van der Waals surface area (Å²) in [5.74, 6) is -0.0425. The maximum Gasteiger partial charge on any atom is 0.253 e. The number of aromatic nitrogens is 1. The Kier molecular flexibility index (Phi) is 4.30. The third kappa shape index (κ3) is 2.94. The van der Waals surface area contributed by atoms with Gasteiger partial charge in [0.25, 0.3) is 5.91 Å². The first-order chi connectivity index (χ1) is 8.33. The van der Waals surface area contributed by atoms with Crippen molar-refractivity contribution in [3.8, 4) is 0 Å². The molecule has 1 amide bonds.